The Bertz CT molecular complexity index is 682. The third-order valence-electron chi connectivity index (χ3n) is 5.07. The first kappa shape index (κ1) is 17.5. The molecule has 0 spiro atoms. The van der Waals surface area contributed by atoms with Gasteiger partial charge in [-0.2, -0.15) is 5.10 Å². The van der Waals surface area contributed by atoms with E-state index in [4.69, 9.17) is 0 Å². The fourth-order valence-corrected chi connectivity index (χ4v) is 3.55. The molecular weight excluding hydrogens is 312 g/mol. The Labute approximate surface area is 150 Å². The fraction of sp³-hybridized carbons (Fsp3) is 0.500. The van der Waals surface area contributed by atoms with Gasteiger partial charge in [0.1, 0.15) is 0 Å². The van der Waals surface area contributed by atoms with Crippen LogP contribution in [0.5, 0.6) is 0 Å². The first-order chi connectivity index (χ1) is 12.2. The highest BCUT2D eigenvalue weighted by Crippen LogP contribution is 2.27. The van der Waals surface area contributed by atoms with Crippen LogP contribution in [0, 0.1) is 0 Å². The van der Waals surface area contributed by atoms with Gasteiger partial charge in [-0.05, 0) is 51.0 Å². The summed E-state index contributed by atoms with van der Waals surface area (Å²) in [6.07, 6.45) is 9.71. The van der Waals surface area contributed by atoms with Crippen molar-refractivity contribution in [3.63, 3.8) is 0 Å². The summed E-state index contributed by atoms with van der Waals surface area (Å²) >= 11 is 0. The molecule has 2 aromatic rings. The van der Waals surface area contributed by atoms with Gasteiger partial charge in [-0.15, -0.1) is 0 Å². The first-order valence-electron chi connectivity index (χ1n) is 9.41. The summed E-state index contributed by atoms with van der Waals surface area (Å²) in [5.41, 5.74) is 2.61. The molecule has 0 atom stereocenters. The topological polar surface area (TPSA) is 50.2 Å². The Morgan fingerprint density at radius 3 is 2.48 bits per heavy atom. The highest BCUT2D eigenvalue weighted by atomic mass is 16.1. The molecule has 1 aromatic carbocycles. The van der Waals surface area contributed by atoms with Crippen molar-refractivity contribution in [3.8, 4) is 0 Å². The lowest BCUT2D eigenvalue weighted by Crippen LogP contribution is -2.21. The number of carbonyl (C=O) groups is 1. The maximum atomic E-state index is 12.5. The third kappa shape index (κ3) is 4.21. The zero-order valence-electron chi connectivity index (χ0n) is 15.2. The van der Waals surface area contributed by atoms with Gasteiger partial charge in [-0.25, -0.2) is 0 Å². The second kappa shape index (κ2) is 8.19. The van der Waals surface area contributed by atoms with E-state index in [1.807, 2.05) is 35.1 Å². The number of amides is 1. The van der Waals surface area contributed by atoms with Crippen molar-refractivity contribution in [1.82, 2.24) is 9.78 Å². The summed E-state index contributed by atoms with van der Waals surface area (Å²) in [4.78, 5) is 14.7. The first-order valence-corrected chi connectivity index (χ1v) is 9.41. The maximum Gasteiger partial charge on any atom is 0.258 e. The summed E-state index contributed by atoms with van der Waals surface area (Å²) < 4.78 is 1.97. The van der Waals surface area contributed by atoms with Crippen LogP contribution in [0.15, 0.2) is 36.7 Å². The second-order valence-corrected chi connectivity index (χ2v) is 6.67. The molecule has 1 heterocycles. The minimum atomic E-state index is -0.0994. The molecule has 0 saturated heterocycles. The summed E-state index contributed by atoms with van der Waals surface area (Å²) in [5.74, 6) is -0.0994. The van der Waals surface area contributed by atoms with Gasteiger partial charge >= 0.3 is 0 Å². The summed E-state index contributed by atoms with van der Waals surface area (Å²) in [6, 6.07) is 8.46. The van der Waals surface area contributed by atoms with Crippen molar-refractivity contribution < 1.29 is 4.79 Å². The van der Waals surface area contributed by atoms with E-state index < -0.39 is 0 Å². The van der Waals surface area contributed by atoms with E-state index in [-0.39, 0.29) is 5.91 Å². The Morgan fingerprint density at radius 2 is 1.84 bits per heavy atom. The standard InChI is InChI=1S/C20H28N4O/c1-3-23(4-2)18-12-10-17(11-13-18)22-20(25)16-14-21-24(15-16)19-8-6-5-7-9-19/h10-15,19H,3-9H2,1-2H3,(H,22,25). The van der Waals surface area contributed by atoms with E-state index in [9.17, 15) is 4.79 Å². The van der Waals surface area contributed by atoms with Crippen LogP contribution in [0.1, 0.15) is 62.4 Å². The van der Waals surface area contributed by atoms with Crippen molar-refractivity contribution in [3.05, 3.63) is 42.2 Å². The number of nitrogens with one attached hydrogen (secondary N) is 1. The van der Waals surface area contributed by atoms with E-state index >= 15 is 0 Å². The molecule has 5 heteroatoms. The summed E-state index contributed by atoms with van der Waals surface area (Å²) in [7, 11) is 0. The lowest BCUT2D eigenvalue weighted by atomic mass is 9.96. The Kier molecular flexibility index (Phi) is 5.74. The molecule has 5 nitrogen and oxygen atoms in total. The lowest BCUT2D eigenvalue weighted by Gasteiger charge is -2.21. The van der Waals surface area contributed by atoms with Crippen LogP contribution in [0.4, 0.5) is 11.4 Å². The van der Waals surface area contributed by atoms with Gasteiger partial charge in [-0.3, -0.25) is 9.48 Å². The minimum Gasteiger partial charge on any atom is -0.372 e. The normalized spacial score (nSPS) is 15.1. The number of hydrogen-bond acceptors (Lipinski definition) is 3. The Hall–Kier alpha value is -2.30. The fourth-order valence-electron chi connectivity index (χ4n) is 3.55. The molecule has 134 valence electrons. The number of rotatable bonds is 6. The van der Waals surface area contributed by atoms with Gasteiger partial charge in [0.25, 0.3) is 5.91 Å². The predicted molar refractivity (Wildman–Crippen MR) is 102 cm³/mol. The zero-order valence-corrected chi connectivity index (χ0v) is 15.2. The maximum absolute atomic E-state index is 12.5. The summed E-state index contributed by atoms with van der Waals surface area (Å²) in [6.45, 7) is 6.23. The van der Waals surface area contributed by atoms with E-state index in [2.05, 4.69) is 29.2 Å². The second-order valence-electron chi connectivity index (χ2n) is 6.67. The van der Waals surface area contributed by atoms with Crippen LogP contribution in [0.25, 0.3) is 0 Å². The molecule has 1 aliphatic carbocycles. The summed E-state index contributed by atoms with van der Waals surface area (Å²) in [5, 5.41) is 7.38. The van der Waals surface area contributed by atoms with Gasteiger partial charge in [0.15, 0.2) is 0 Å². The smallest absolute Gasteiger partial charge is 0.258 e. The van der Waals surface area contributed by atoms with Crippen molar-refractivity contribution in [2.45, 2.75) is 52.0 Å². The van der Waals surface area contributed by atoms with Crippen LogP contribution >= 0.6 is 0 Å². The van der Waals surface area contributed by atoms with Gasteiger partial charge in [0, 0.05) is 30.7 Å². The number of nitrogens with zero attached hydrogens (tertiary/aromatic N) is 3. The van der Waals surface area contributed by atoms with Crippen LogP contribution in [0.3, 0.4) is 0 Å². The molecule has 1 fully saturated rings. The SMILES string of the molecule is CCN(CC)c1ccc(NC(=O)c2cnn(C3CCCCC3)c2)cc1. The monoisotopic (exact) mass is 340 g/mol. The van der Waals surface area contributed by atoms with Crippen molar-refractivity contribution in [2.24, 2.45) is 0 Å². The molecule has 1 saturated carbocycles. The highest BCUT2D eigenvalue weighted by molar-refractivity contribution is 6.04. The van der Waals surface area contributed by atoms with Crippen LogP contribution in [-0.2, 0) is 0 Å². The lowest BCUT2D eigenvalue weighted by molar-refractivity contribution is 0.102. The highest BCUT2D eigenvalue weighted by Gasteiger charge is 2.17. The van der Waals surface area contributed by atoms with Crippen LogP contribution in [-0.4, -0.2) is 28.8 Å². The molecule has 1 aliphatic rings. The molecular formula is C20H28N4O. The van der Waals surface area contributed by atoms with Crippen molar-refractivity contribution >= 4 is 17.3 Å². The predicted octanol–water partition coefficient (Wildman–Crippen LogP) is 4.49. The number of aromatic nitrogens is 2. The van der Waals surface area contributed by atoms with E-state index in [1.165, 1.54) is 24.9 Å². The number of carbonyl (C=O) groups excluding carboxylic acids is 1. The van der Waals surface area contributed by atoms with Crippen molar-refractivity contribution in [1.29, 1.82) is 0 Å². The molecule has 0 aliphatic heterocycles. The van der Waals surface area contributed by atoms with Crippen LogP contribution < -0.4 is 10.2 Å². The number of hydrogen-bond donors (Lipinski definition) is 1. The molecule has 1 amide bonds. The molecule has 0 radical (unpaired) electrons. The Morgan fingerprint density at radius 1 is 1.16 bits per heavy atom. The molecule has 0 bridgehead atoms. The molecule has 0 unspecified atom stereocenters. The average Bonchev–Trinajstić information content (AvgIpc) is 3.15. The molecule has 1 aromatic heterocycles. The van der Waals surface area contributed by atoms with E-state index in [0.717, 1.165) is 31.6 Å². The molecule has 1 N–H and O–H groups in total. The minimum absolute atomic E-state index is 0.0994. The van der Waals surface area contributed by atoms with Gasteiger partial charge in [-0.1, -0.05) is 19.3 Å². The van der Waals surface area contributed by atoms with Gasteiger partial charge < -0.3 is 10.2 Å². The Balaban J connectivity index is 1.63. The van der Waals surface area contributed by atoms with E-state index in [1.54, 1.807) is 6.20 Å². The largest absolute Gasteiger partial charge is 0.372 e. The quantitative estimate of drug-likeness (QED) is 0.843. The van der Waals surface area contributed by atoms with Gasteiger partial charge in [0.2, 0.25) is 0 Å². The third-order valence-corrected chi connectivity index (χ3v) is 5.07. The van der Waals surface area contributed by atoms with Crippen molar-refractivity contribution in [2.75, 3.05) is 23.3 Å². The zero-order chi connectivity index (χ0) is 17.6. The van der Waals surface area contributed by atoms with Crippen LogP contribution in [0.2, 0.25) is 0 Å². The number of anilines is 2. The average molecular weight is 340 g/mol. The molecule has 3 rings (SSSR count). The van der Waals surface area contributed by atoms with E-state index in [0.29, 0.717) is 11.6 Å². The molecule has 25 heavy (non-hydrogen) atoms. The number of benzene rings is 1. The van der Waals surface area contributed by atoms with Gasteiger partial charge in [0.05, 0.1) is 17.8 Å².